The molecule has 2 aromatic heterocycles. The van der Waals surface area contributed by atoms with Crippen molar-refractivity contribution in [2.24, 2.45) is 7.05 Å². The van der Waals surface area contributed by atoms with E-state index in [0.29, 0.717) is 22.7 Å². The van der Waals surface area contributed by atoms with E-state index in [2.05, 4.69) is 10.1 Å². The molecule has 0 N–H and O–H groups in total. The van der Waals surface area contributed by atoms with Crippen LogP contribution in [-0.2, 0) is 7.05 Å². The third-order valence-electron chi connectivity index (χ3n) is 2.98. The maximum Gasteiger partial charge on any atom is 0.267 e. The molecule has 0 spiro atoms. The summed E-state index contributed by atoms with van der Waals surface area (Å²) < 4.78 is 6.67. The molecule has 0 bridgehead atoms. The molecule has 0 atom stereocenters. The molecule has 3 aromatic rings. The lowest BCUT2D eigenvalue weighted by Crippen LogP contribution is -2.20. The highest BCUT2D eigenvalue weighted by Crippen LogP contribution is 2.24. The zero-order valence-corrected chi connectivity index (χ0v) is 10.9. The van der Waals surface area contributed by atoms with Crippen LogP contribution in [0.3, 0.4) is 0 Å². The highest BCUT2D eigenvalue weighted by Gasteiger charge is 2.12. The fourth-order valence-electron chi connectivity index (χ4n) is 2.02. The van der Waals surface area contributed by atoms with E-state index >= 15 is 0 Å². The molecule has 0 saturated carbocycles. The van der Waals surface area contributed by atoms with E-state index in [1.54, 1.807) is 32.2 Å². The predicted octanol–water partition coefficient (Wildman–Crippen LogP) is 1.77. The maximum absolute atomic E-state index is 11.5. The van der Waals surface area contributed by atoms with Gasteiger partial charge in [-0.2, -0.15) is 10.4 Å². The second-order valence-corrected chi connectivity index (χ2v) is 4.40. The van der Waals surface area contributed by atoms with Gasteiger partial charge in [0.1, 0.15) is 17.3 Å². The minimum atomic E-state index is -0.318. The van der Waals surface area contributed by atoms with Crippen LogP contribution in [0.5, 0.6) is 0 Å². The van der Waals surface area contributed by atoms with Crippen LogP contribution in [0.25, 0.3) is 22.4 Å². The third-order valence-corrected chi connectivity index (χ3v) is 2.98. The number of oxazole rings is 1. The predicted molar refractivity (Wildman–Crippen MR) is 71.9 cm³/mol. The van der Waals surface area contributed by atoms with Gasteiger partial charge in [0.15, 0.2) is 11.5 Å². The lowest BCUT2D eigenvalue weighted by atomic mass is 10.1. The van der Waals surface area contributed by atoms with E-state index in [1.165, 1.54) is 10.7 Å². The van der Waals surface area contributed by atoms with E-state index in [4.69, 9.17) is 9.68 Å². The Morgan fingerprint density at radius 1 is 1.35 bits per heavy atom. The van der Waals surface area contributed by atoms with E-state index < -0.39 is 0 Å². The van der Waals surface area contributed by atoms with Gasteiger partial charge in [-0.25, -0.2) is 9.67 Å². The van der Waals surface area contributed by atoms with Crippen molar-refractivity contribution in [1.29, 1.82) is 5.26 Å². The van der Waals surface area contributed by atoms with Crippen molar-refractivity contribution in [3.8, 4) is 17.3 Å². The zero-order valence-electron chi connectivity index (χ0n) is 10.9. The number of hydrogen-bond donors (Lipinski definition) is 0. The zero-order chi connectivity index (χ0) is 14.3. The van der Waals surface area contributed by atoms with E-state index in [9.17, 15) is 4.79 Å². The Hall–Kier alpha value is -2.94. The van der Waals surface area contributed by atoms with Crippen molar-refractivity contribution in [2.45, 2.75) is 6.92 Å². The van der Waals surface area contributed by atoms with Crippen LogP contribution in [0, 0.1) is 18.3 Å². The molecule has 0 saturated heterocycles. The lowest BCUT2D eigenvalue weighted by molar-refractivity contribution is 0.561. The number of fused-ring (bicyclic) bond motifs is 1. The molecule has 0 aliphatic heterocycles. The Bertz CT molecular complexity index is 915. The molecule has 2 heterocycles. The van der Waals surface area contributed by atoms with Crippen LogP contribution >= 0.6 is 0 Å². The largest absolute Gasteiger partial charge is 0.441 e. The van der Waals surface area contributed by atoms with Gasteiger partial charge in [0.2, 0.25) is 0 Å². The second-order valence-electron chi connectivity index (χ2n) is 4.40. The standard InChI is InChI=1S/C14H10N4O2/c1-8-16-11-4-3-9(5-12(11)20-8)14-10(7-15)6-13(19)18(2)17-14/h3-6H,1-2H3. The number of aromatic nitrogens is 3. The number of benzene rings is 1. The Balaban J connectivity index is 2.27. The first-order chi connectivity index (χ1) is 9.58. The topological polar surface area (TPSA) is 84.7 Å². The van der Waals surface area contributed by atoms with E-state index in [1.807, 2.05) is 6.07 Å². The molecule has 0 aliphatic carbocycles. The summed E-state index contributed by atoms with van der Waals surface area (Å²) in [5.41, 5.74) is 2.45. The SMILES string of the molecule is Cc1nc2ccc(-c3nn(C)c(=O)cc3C#N)cc2o1. The molecule has 0 unspecified atom stereocenters. The number of nitriles is 1. The summed E-state index contributed by atoms with van der Waals surface area (Å²) in [4.78, 5) is 15.7. The molecule has 20 heavy (non-hydrogen) atoms. The quantitative estimate of drug-likeness (QED) is 0.670. The molecular weight excluding hydrogens is 256 g/mol. The van der Waals surface area contributed by atoms with E-state index in [-0.39, 0.29) is 11.1 Å². The summed E-state index contributed by atoms with van der Waals surface area (Å²) >= 11 is 0. The van der Waals surface area contributed by atoms with Crippen LogP contribution in [0.4, 0.5) is 0 Å². The second kappa shape index (κ2) is 4.31. The van der Waals surface area contributed by atoms with Crippen LogP contribution in [0.1, 0.15) is 11.5 Å². The highest BCUT2D eigenvalue weighted by molar-refractivity contribution is 5.80. The van der Waals surface area contributed by atoms with Crippen LogP contribution < -0.4 is 5.56 Å². The van der Waals surface area contributed by atoms with Gasteiger partial charge in [-0.15, -0.1) is 0 Å². The summed E-state index contributed by atoms with van der Waals surface area (Å²) in [6.07, 6.45) is 0. The smallest absolute Gasteiger partial charge is 0.267 e. The first-order valence-electron chi connectivity index (χ1n) is 5.94. The minimum absolute atomic E-state index is 0.240. The molecule has 98 valence electrons. The summed E-state index contributed by atoms with van der Waals surface area (Å²) in [5, 5.41) is 13.3. The summed E-state index contributed by atoms with van der Waals surface area (Å²) in [7, 11) is 1.55. The average Bonchev–Trinajstić information content (AvgIpc) is 2.80. The van der Waals surface area contributed by atoms with Crippen LogP contribution in [0.2, 0.25) is 0 Å². The molecule has 3 rings (SSSR count). The normalized spacial score (nSPS) is 10.7. The minimum Gasteiger partial charge on any atom is -0.441 e. The third kappa shape index (κ3) is 1.86. The van der Waals surface area contributed by atoms with Crippen LogP contribution in [-0.4, -0.2) is 14.8 Å². The Labute approximate surface area is 113 Å². The molecule has 0 radical (unpaired) electrons. The first-order valence-corrected chi connectivity index (χ1v) is 5.94. The van der Waals surface area contributed by atoms with Gasteiger partial charge in [-0.3, -0.25) is 4.79 Å². The van der Waals surface area contributed by atoms with Gasteiger partial charge >= 0.3 is 0 Å². The number of aryl methyl sites for hydroxylation is 2. The molecule has 0 amide bonds. The van der Waals surface area contributed by atoms with Gasteiger partial charge in [0, 0.05) is 25.6 Å². The fourth-order valence-corrected chi connectivity index (χ4v) is 2.02. The Morgan fingerprint density at radius 2 is 2.15 bits per heavy atom. The number of hydrogen-bond acceptors (Lipinski definition) is 5. The fraction of sp³-hybridized carbons (Fsp3) is 0.143. The summed E-state index contributed by atoms with van der Waals surface area (Å²) in [6, 6.07) is 8.64. The van der Waals surface area contributed by atoms with Gasteiger partial charge in [-0.1, -0.05) is 6.07 Å². The summed E-state index contributed by atoms with van der Waals surface area (Å²) in [5.74, 6) is 0.575. The van der Waals surface area contributed by atoms with Crippen molar-refractivity contribution >= 4 is 11.1 Å². The monoisotopic (exact) mass is 266 g/mol. The van der Waals surface area contributed by atoms with Crippen molar-refractivity contribution in [3.63, 3.8) is 0 Å². The Morgan fingerprint density at radius 3 is 2.90 bits per heavy atom. The maximum atomic E-state index is 11.5. The molecule has 6 nitrogen and oxygen atoms in total. The molecule has 6 heteroatoms. The molecule has 0 aliphatic rings. The van der Waals surface area contributed by atoms with Gasteiger partial charge in [0.05, 0.1) is 5.56 Å². The average molecular weight is 266 g/mol. The van der Waals surface area contributed by atoms with Crippen molar-refractivity contribution in [3.05, 3.63) is 46.1 Å². The highest BCUT2D eigenvalue weighted by atomic mass is 16.3. The number of rotatable bonds is 1. The van der Waals surface area contributed by atoms with Gasteiger partial charge < -0.3 is 4.42 Å². The number of nitrogens with zero attached hydrogens (tertiary/aromatic N) is 4. The van der Waals surface area contributed by atoms with Crippen LogP contribution in [0.15, 0.2) is 33.5 Å². The molecular formula is C14H10N4O2. The van der Waals surface area contributed by atoms with Gasteiger partial charge in [0.25, 0.3) is 5.56 Å². The lowest BCUT2D eigenvalue weighted by Gasteiger charge is -2.04. The van der Waals surface area contributed by atoms with E-state index in [0.717, 1.165) is 5.52 Å². The summed E-state index contributed by atoms with van der Waals surface area (Å²) in [6.45, 7) is 1.77. The molecule has 1 aromatic carbocycles. The van der Waals surface area contributed by atoms with Gasteiger partial charge in [-0.05, 0) is 12.1 Å². The van der Waals surface area contributed by atoms with Crippen molar-refractivity contribution in [1.82, 2.24) is 14.8 Å². The molecule has 0 fully saturated rings. The Kier molecular flexibility index (Phi) is 2.61. The van der Waals surface area contributed by atoms with Crippen molar-refractivity contribution in [2.75, 3.05) is 0 Å². The first kappa shape index (κ1) is 12.1. The van der Waals surface area contributed by atoms with Crippen molar-refractivity contribution < 1.29 is 4.42 Å².